The number of halogens is 3. The van der Waals surface area contributed by atoms with Crippen LogP contribution in [0, 0.1) is 0 Å². The van der Waals surface area contributed by atoms with E-state index in [1.165, 1.54) is 12.1 Å². The van der Waals surface area contributed by atoms with Crippen molar-refractivity contribution in [3.8, 4) is 0 Å². The van der Waals surface area contributed by atoms with E-state index in [0.29, 0.717) is 26.2 Å². The number of rotatable bonds is 3. The van der Waals surface area contributed by atoms with E-state index in [0.717, 1.165) is 17.8 Å². The third kappa shape index (κ3) is 3.66. The number of hydrogen-bond donors (Lipinski definition) is 1. The summed E-state index contributed by atoms with van der Waals surface area (Å²) in [5, 5.41) is 8.96. The standard InChI is InChI=1S/C14H17F3N2O2/c1-10(13(20)21)18-6-8-19(9-7-18)12-4-2-11(3-5-12)14(15,16)17/h2-5,10H,6-9H2,1H3,(H,20,21). The predicted octanol–water partition coefficient (Wildman–Crippen LogP) is 2.30. The Morgan fingerprint density at radius 2 is 1.67 bits per heavy atom. The van der Waals surface area contributed by atoms with Crippen LogP contribution in [0.4, 0.5) is 18.9 Å². The molecule has 21 heavy (non-hydrogen) atoms. The third-order valence-electron chi connectivity index (χ3n) is 3.78. The van der Waals surface area contributed by atoms with Crippen molar-refractivity contribution in [2.75, 3.05) is 31.1 Å². The van der Waals surface area contributed by atoms with Gasteiger partial charge in [-0.25, -0.2) is 0 Å². The predicted molar refractivity (Wildman–Crippen MR) is 72.3 cm³/mol. The van der Waals surface area contributed by atoms with Crippen molar-refractivity contribution in [3.63, 3.8) is 0 Å². The summed E-state index contributed by atoms with van der Waals surface area (Å²) >= 11 is 0. The number of piperazine rings is 1. The smallest absolute Gasteiger partial charge is 0.416 e. The molecule has 1 N–H and O–H groups in total. The van der Waals surface area contributed by atoms with Crippen molar-refractivity contribution in [1.82, 2.24) is 4.90 Å². The molecule has 0 aliphatic carbocycles. The fraction of sp³-hybridized carbons (Fsp3) is 0.500. The molecule has 1 fully saturated rings. The SMILES string of the molecule is CC(C(=O)O)N1CCN(c2ccc(C(F)(F)F)cc2)CC1. The summed E-state index contributed by atoms with van der Waals surface area (Å²) in [6.45, 7) is 3.99. The van der Waals surface area contributed by atoms with Gasteiger partial charge >= 0.3 is 12.1 Å². The second kappa shape index (κ2) is 5.93. The van der Waals surface area contributed by atoms with Crippen molar-refractivity contribution < 1.29 is 23.1 Å². The van der Waals surface area contributed by atoms with Crippen molar-refractivity contribution in [3.05, 3.63) is 29.8 Å². The Labute approximate surface area is 120 Å². The summed E-state index contributed by atoms with van der Waals surface area (Å²) < 4.78 is 37.5. The topological polar surface area (TPSA) is 43.8 Å². The fourth-order valence-electron chi connectivity index (χ4n) is 2.38. The second-order valence-corrected chi connectivity index (χ2v) is 5.08. The molecular formula is C14H17F3N2O2. The lowest BCUT2D eigenvalue weighted by Gasteiger charge is -2.37. The molecule has 7 heteroatoms. The van der Waals surface area contributed by atoms with Gasteiger partial charge in [0.15, 0.2) is 0 Å². The lowest BCUT2D eigenvalue weighted by Crippen LogP contribution is -2.51. The first kappa shape index (κ1) is 15.6. The molecule has 0 saturated carbocycles. The van der Waals surface area contributed by atoms with Crippen LogP contribution in [0.5, 0.6) is 0 Å². The summed E-state index contributed by atoms with van der Waals surface area (Å²) in [5.74, 6) is -0.863. The maximum atomic E-state index is 12.5. The zero-order valence-corrected chi connectivity index (χ0v) is 11.6. The van der Waals surface area contributed by atoms with E-state index in [9.17, 15) is 18.0 Å². The maximum absolute atomic E-state index is 12.5. The summed E-state index contributed by atoms with van der Waals surface area (Å²) in [6, 6.07) is 4.52. The number of carbonyl (C=O) groups is 1. The molecule has 4 nitrogen and oxygen atoms in total. The number of hydrogen-bond acceptors (Lipinski definition) is 3. The van der Waals surface area contributed by atoms with Crippen LogP contribution in [-0.2, 0) is 11.0 Å². The highest BCUT2D eigenvalue weighted by atomic mass is 19.4. The Morgan fingerprint density at radius 3 is 2.10 bits per heavy atom. The van der Waals surface area contributed by atoms with E-state index < -0.39 is 23.8 Å². The molecule has 1 aromatic rings. The monoisotopic (exact) mass is 302 g/mol. The van der Waals surface area contributed by atoms with Crippen LogP contribution in [0.2, 0.25) is 0 Å². The minimum Gasteiger partial charge on any atom is -0.480 e. The van der Waals surface area contributed by atoms with E-state index in [4.69, 9.17) is 5.11 Å². The van der Waals surface area contributed by atoms with Crippen molar-refractivity contribution >= 4 is 11.7 Å². The molecule has 1 atom stereocenters. The van der Waals surface area contributed by atoms with Crippen LogP contribution in [0.25, 0.3) is 0 Å². The van der Waals surface area contributed by atoms with Crippen LogP contribution >= 0.6 is 0 Å². The Morgan fingerprint density at radius 1 is 1.14 bits per heavy atom. The zero-order valence-electron chi connectivity index (χ0n) is 11.6. The lowest BCUT2D eigenvalue weighted by molar-refractivity contribution is -0.142. The van der Waals surface area contributed by atoms with Crippen molar-refractivity contribution in [2.45, 2.75) is 19.1 Å². The summed E-state index contributed by atoms with van der Waals surface area (Å²) in [6.07, 6.45) is -4.33. The molecular weight excluding hydrogens is 285 g/mol. The minimum absolute atomic E-state index is 0.542. The van der Waals surface area contributed by atoms with Crippen LogP contribution in [-0.4, -0.2) is 48.2 Å². The van der Waals surface area contributed by atoms with E-state index in [1.54, 1.807) is 6.92 Å². The number of alkyl halides is 3. The molecule has 1 aliphatic heterocycles. The number of carboxylic acid groups (broad SMARTS) is 1. The summed E-state index contributed by atoms with van der Waals surface area (Å²) in [7, 11) is 0. The highest BCUT2D eigenvalue weighted by molar-refractivity contribution is 5.72. The molecule has 1 aromatic carbocycles. The first-order valence-electron chi connectivity index (χ1n) is 6.68. The van der Waals surface area contributed by atoms with Crippen molar-refractivity contribution in [1.29, 1.82) is 0 Å². The molecule has 0 radical (unpaired) electrons. The Bertz CT molecular complexity index is 494. The summed E-state index contributed by atoms with van der Waals surface area (Å²) in [5.41, 5.74) is 0.0648. The second-order valence-electron chi connectivity index (χ2n) is 5.08. The third-order valence-corrected chi connectivity index (χ3v) is 3.78. The number of aliphatic carboxylic acids is 1. The van der Waals surface area contributed by atoms with Gasteiger partial charge in [-0.2, -0.15) is 13.2 Å². The Balaban J connectivity index is 1.98. The molecule has 0 spiro atoms. The zero-order chi connectivity index (χ0) is 15.6. The largest absolute Gasteiger partial charge is 0.480 e. The van der Waals surface area contributed by atoms with Gasteiger partial charge in [-0.3, -0.25) is 9.69 Å². The van der Waals surface area contributed by atoms with Crippen LogP contribution in [0.1, 0.15) is 12.5 Å². The van der Waals surface area contributed by atoms with Gasteiger partial charge in [0.1, 0.15) is 6.04 Å². The van der Waals surface area contributed by atoms with Gasteiger partial charge in [0.25, 0.3) is 0 Å². The summed E-state index contributed by atoms with van der Waals surface area (Å²) in [4.78, 5) is 14.7. The quantitative estimate of drug-likeness (QED) is 0.930. The maximum Gasteiger partial charge on any atom is 0.416 e. The highest BCUT2D eigenvalue weighted by Crippen LogP contribution is 2.30. The van der Waals surface area contributed by atoms with Gasteiger partial charge in [-0.15, -0.1) is 0 Å². The molecule has 1 heterocycles. The van der Waals surface area contributed by atoms with Gasteiger partial charge < -0.3 is 10.0 Å². The van der Waals surface area contributed by atoms with E-state index >= 15 is 0 Å². The molecule has 2 rings (SSSR count). The molecule has 1 saturated heterocycles. The first-order chi connectivity index (χ1) is 9.79. The number of benzene rings is 1. The van der Waals surface area contributed by atoms with Gasteiger partial charge in [0, 0.05) is 31.9 Å². The van der Waals surface area contributed by atoms with Gasteiger partial charge in [0.05, 0.1) is 5.56 Å². The average molecular weight is 302 g/mol. The minimum atomic E-state index is -4.33. The molecule has 0 bridgehead atoms. The molecule has 0 aromatic heterocycles. The van der Waals surface area contributed by atoms with Crippen molar-refractivity contribution in [2.24, 2.45) is 0 Å². The number of carboxylic acids is 1. The highest BCUT2D eigenvalue weighted by Gasteiger charge is 2.30. The molecule has 1 aliphatic rings. The molecule has 1 unspecified atom stereocenters. The van der Waals surface area contributed by atoms with Gasteiger partial charge in [0.2, 0.25) is 0 Å². The number of nitrogens with zero attached hydrogens (tertiary/aromatic N) is 2. The van der Waals surface area contributed by atoms with E-state index in [2.05, 4.69) is 0 Å². The number of anilines is 1. The normalized spacial score (nSPS) is 18.6. The van der Waals surface area contributed by atoms with Crippen LogP contribution < -0.4 is 4.90 Å². The average Bonchev–Trinajstić information content (AvgIpc) is 2.46. The van der Waals surface area contributed by atoms with Gasteiger partial charge in [-0.1, -0.05) is 0 Å². The molecule has 116 valence electrons. The van der Waals surface area contributed by atoms with Gasteiger partial charge in [-0.05, 0) is 31.2 Å². The Kier molecular flexibility index (Phi) is 4.41. The van der Waals surface area contributed by atoms with Crippen LogP contribution in [0.15, 0.2) is 24.3 Å². The lowest BCUT2D eigenvalue weighted by atomic mass is 10.1. The fourth-order valence-corrected chi connectivity index (χ4v) is 2.38. The van der Waals surface area contributed by atoms with E-state index in [-0.39, 0.29) is 0 Å². The molecule has 0 amide bonds. The van der Waals surface area contributed by atoms with Crippen LogP contribution in [0.3, 0.4) is 0 Å². The Hall–Kier alpha value is -1.76. The van der Waals surface area contributed by atoms with E-state index in [1.807, 2.05) is 9.80 Å². The first-order valence-corrected chi connectivity index (χ1v) is 6.68.